The zero-order chi connectivity index (χ0) is 18.2. The summed E-state index contributed by atoms with van der Waals surface area (Å²) >= 11 is 6.13. The van der Waals surface area contributed by atoms with Gasteiger partial charge in [0.15, 0.2) is 0 Å². The van der Waals surface area contributed by atoms with Crippen molar-refractivity contribution in [3.05, 3.63) is 108 Å². The van der Waals surface area contributed by atoms with Crippen LogP contribution in [0.15, 0.2) is 103 Å². The van der Waals surface area contributed by atoms with Crippen LogP contribution in [0.1, 0.15) is 0 Å². The van der Waals surface area contributed by atoms with Gasteiger partial charge in [0.2, 0.25) is 0 Å². The number of hydrogen-bond acceptors (Lipinski definition) is 0. The third kappa shape index (κ3) is 2.89. The first kappa shape index (κ1) is 16.1. The molecule has 0 spiro atoms. The lowest BCUT2D eigenvalue weighted by atomic mass is 9.91. The van der Waals surface area contributed by atoms with E-state index in [1.807, 2.05) is 12.1 Å². The Balaban J connectivity index is 1.74. The minimum atomic E-state index is 0.771. The van der Waals surface area contributed by atoms with Crippen molar-refractivity contribution in [2.75, 3.05) is 0 Å². The first-order valence-corrected chi connectivity index (χ1v) is 9.44. The first-order chi connectivity index (χ1) is 13.3. The van der Waals surface area contributed by atoms with Crippen LogP contribution in [0.2, 0.25) is 5.02 Å². The normalized spacial score (nSPS) is 11.1. The second-order valence-corrected chi connectivity index (χ2v) is 7.21. The molecule has 27 heavy (non-hydrogen) atoms. The van der Waals surface area contributed by atoms with Crippen molar-refractivity contribution in [3.63, 3.8) is 0 Å². The predicted molar refractivity (Wildman–Crippen MR) is 117 cm³/mol. The van der Waals surface area contributed by atoms with Crippen molar-refractivity contribution >= 4 is 33.1 Å². The molecule has 0 amide bonds. The van der Waals surface area contributed by atoms with Gasteiger partial charge in [-0.25, -0.2) is 0 Å². The van der Waals surface area contributed by atoms with Crippen LogP contribution < -0.4 is 0 Å². The number of benzene rings is 5. The minimum absolute atomic E-state index is 0.771. The summed E-state index contributed by atoms with van der Waals surface area (Å²) in [5.41, 5.74) is 4.98. The molecule has 1 heteroatoms. The van der Waals surface area contributed by atoms with E-state index in [1.165, 1.54) is 38.4 Å². The molecule has 0 bridgehead atoms. The molecule has 0 fully saturated rings. The smallest absolute Gasteiger partial charge is 0.0412 e. The zero-order valence-corrected chi connectivity index (χ0v) is 15.4. The van der Waals surface area contributed by atoms with E-state index < -0.39 is 0 Å². The van der Waals surface area contributed by atoms with Crippen molar-refractivity contribution in [1.82, 2.24) is 0 Å². The molecule has 5 aromatic carbocycles. The van der Waals surface area contributed by atoms with E-state index in [0.717, 1.165) is 10.4 Å². The largest absolute Gasteiger partial charge is 0.0843 e. The maximum absolute atomic E-state index is 6.13. The highest BCUT2D eigenvalue weighted by Crippen LogP contribution is 2.36. The van der Waals surface area contributed by atoms with Crippen LogP contribution in [0, 0.1) is 0 Å². The van der Waals surface area contributed by atoms with Gasteiger partial charge in [-0.15, -0.1) is 0 Å². The summed E-state index contributed by atoms with van der Waals surface area (Å²) < 4.78 is 0. The topological polar surface area (TPSA) is 0 Å². The van der Waals surface area contributed by atoms with Gasteiger partial charge in [-0.2, -0.15) is 0 Å². The second kappa shape index (κ2) is 6.57. The molecule has 0 unspecified atom stereocenters. The van der Waals surface area contributed by atoms with E-state index in [0.29, 0.717) is 0 Å². The lowest BCUT2D eigenvalue weighted by molar-refractivity contribution is 1.63. The molecule has 0 aliphatic carbocycles. The predicted octanol–water partition coefficient (Wildman–Crippen LogP) is 7.98. The summed E-state index contributed by atoms with van der Waals surface area (Å²) in [7, 11) is 0. The summed E-state index contributed by atoms with van der Waals surface area (Å²) in [5, 5.41) is 5.68. The van der Waals surface area contributed by atoms with Crippen LogP contribution in [0.4, 0.5) is 0 Å². The molecule has 5 aromatic rings. The van der Waals surface area contributed by atoms with E-state index in [2.05, 4.69) is 91.0 Å². The van der Waals surface area contributed by atoms with Crippen molar-refractivity contribution < 1.29 is 0 Å². The van der Waals surface area contributed by atoms with Crippen LogP contribution in [0.3, 0.4) is 0 Å². The Hall–Kier alpha value is -3.09. The number of rotatable bonds is 2. The maximum atomic E-state index is 6.13. The highest BCUT2D eigenvalue weighted by molar-refractivity contribution is 6.31. The van der Waals surface area contributed by atoms with Gasteiger partial charge in [0.05, 0.1) is 0 Å². The summed E-state index contributed by atoms with van der Waals surface area (Å²) in [4.78, 5) is 0. The maximum Gasteiger partial charge on any atom is 0.0412 e. The molecule has 128 valence electrons. The van der Waals surface area contributed by atoms with E-state index in [9.17, 15) is 0 Å². The summed E-state index contributed by atoms with van der Waals surface area (Å²) in [6.45, 7) is 0. The lowest BCUT2D eigenvalue weighted by Crippen LogP contribution is -1.86. The molecule has 0 aliphatic heterocycles. The van der Waals surface area contributed by atoms with Crippen molar-refractivity contribution in [3.8, 4) is 22.3 Å². The average Bonchev–Trinajstić information content (AvgIpc) is 2.73. The van der Waals surface area contributed by atoms with Crippen LogP contribution in [0.5, 0.6) is 0 Å². The van der Waals surface area contributed by atoms with Crippen molar-refractivity contribution in [2.24, 2.45) is 0 Å². The van der Waals surface area contributed by atoms with E-state index in [-0.39, 0.29) is 0 Å². The summed E-state index contributed by atoms with van der Waals surface area (Å²) in [5.74, 6) is 0. The Bertz CT molecular complexity index is 1270. The highest BCUT2D eigenvalue weighted by Gasteiger charge is 2.09. The van der Waals surface area contributed by atoms with E-state index in [1.54, 1.807) is 0 Å². The van der Waals surface area contributed by atoms with Gasteiger partial charge in [0, 0.05) is 5.02 Å². The monoisotopic (exact) mass is 364 g/mol. The molecule has 0 nitrogen and oxygen atoms in total. The molecule has 5 rings (SSSR count). The number of hydrogen-bond donors (Lipinski definition) is 0. The van der Waals surface area contributed by atoms with Crippen molar-refractivity contribution in [2.45, 2.75) is 0 Å². The number of fused-ring (bicyclic) bond motifs is 2. The van der Waals surface area contributed by atoms with Crippen LogP contribution in [0.25, 0.3) is 43.8 Å². The lowest BCUT2D eigenvalue weighted by Gasteiger charge is -2.13. The van der Waals surface area contributed by atoms with Gasteiger partial charge in [-0.05, 0) is 62.0 Å². The van der Waals surface area contributed by atoms with Gasteiger partial charge in [-0.3, -0.25) is 0 Å². The molecular weight excluding hydrogens is 348 g/mol. The minimum Gasteiger partial charge on any atom is -0.0843 e. The Morgan fingerprint density at radius 1 is 0.444 bits per heavy atom. The fourth-order valence-corrected chi connectivity index (χ4v) is 3.98. The molecule has 0 saturated heterocycles. The fourth-order valence-electron chi connectivity index (χ4n) is 3.80. The standard InChI is InChI=1S/C26H17Cl/c27-22-13-12-19-16-21(11-10-20(19)17-22)24-15-14-23(18-6-2-1-3-7-18)25-8-4-5-9-26(24)25/h1-17H. The molecule has 0 saturated carbocycles. The summed E-state index contributed by atoms with van der Waals surface area (Å²) in [6.07, 6.45) is 0. The average molecular weight is 365 g/mol. The molecular formula is C26H17Cl. The van der Waals surface area contributed by atoms with Gasteiger partial charge in [0.1, 0.15) is 0 Å². The molecule has 0 heterocycles. The van der Waals surface area contributed by atoms with E-state index in [4.69, 9.17) is 11.6 Å². The second-order valence-electron chi connectivity index (χ2n) is 6.78. The van der Waals surface area contributed by atoms with Gasteiger partial charge in [0.25, 0.3) is 0 Å². The van der Waals surface area contributed by atoms with Crippen LogP contribution in [-0.2, 0) is 0 Å². The zero-order valence-electron chi connectivity index (χ0n) is 14.7. The van der Waals surface area contributed by atoms with Crippen molar-refractivity contribution in [1.29, 1.82) is 0 Å². The quantitative estimate of drug-likeness (QED) is 0.298. The van der Waals surface area contributed by atoms with Gasteiger partial charge < -0.3 is 0 Å². The van der Waals surface area contributed by atoms with Crippen LogP contribution >= 0.6 is 11.6 Å². The third-order valence-electron chi connectivity index (χ3n) is 5.12. The SMILES string of the molecule is Clc1ccc2cc(-c3ccc(-c4ccccc4)c4ccccc34)ccc2c1. The molecule has 0 aliphatic rings. The van der Waals surface area contributed by atoms with Crippen LogP contribution in [-0.4, -0.2) is 0 Å². The Kier molecular flexibility index (Phi) is 3.92. The molecule has 0 atom stereocenters. The first-order valence-electron chi connectivity index (χ1n) is 9.06. The molecule has 0 radical (unpaired) electrons. The fraction of sp³-hybridized carbons (Fsp3) is 0. The highest BCUT2D eigenvalue weighted by atomic mass is 35.5. The molecule has 0 N–H and O–H groups in total. The third-order valence-corrected chi connectivity index (χ3v) is 5.36. The summed E-state index contributed by atoms with van der Waals surface area (Å²) in [6, 6.07) is 36.3. The number of halogens is 1. The Morgan fingerprint density at radius 3 is 1.78 bits per heavy atom. The van der Waals surface area contributed by atoms with E-state index >= 15 is 0 Å². The van der Waals surface area contributed by atoms with Gasteiger partial charge in [-0.1, -0.05) is 96.5 Å². The Labute approximate surface area is 163 Å². The molecule has 0 aromatic heterocycles. The van der Waals surface area contributed by atoms with Gasteiger partial charge >= 0.3 is 0 Å². The Morgan fingerprint density at radius 2 is 1.04 bits per heavy atom.